The molecule has 1 N–H and O–H groups in total. The molecular formula is C19H16FN3O2. The molecule has 2 heterocycles. The highest BCUT2D eigenvalue weighted by molar-refractivity contribution is 6.05. The first-order valence-electron chi connectivity index (χ1n) is 7.90. The van der Waals surface area contributed by atoms with Gasteiger partial charge in [-0.2, -0.15) is 0 Å². The van der Waals surface area contributed by atoms with Crippen LogP contribution in [0.25, 0.3) is 22.1 Å². The Morgan fingerprint density at radius 1 is 1.12 bits per heavy atom. The van der Waals surface area contributed by atoms with Crippen LogP contribution in [0.3, 0.4) is 0 Å². The van der Waals surface area contributed by atoms with Gasteiger partial charge in [0.15, 0.2) is 11.4 Å². The molecule has 0 bridgehead atoms. The van der Waals surface area contributed by atoms with Crippen LogP contribution in [0.1, 0.15) is 11.7 Å². The number of methoxy groups -OCH3 is 1. The van der Waals surface area contributed by atoms with Gasteiger partial charge >= 0.3 is 0 Å². The molecule has 0 unspecified atom stereocenters. The number of rotatable bonds is 5. The Bertz CT molecular complexity index is 1010. The fourth-order valence-electron chi connectivity index (χ4n) is 2.85. The predicted octanol–water partition coefficient (Wildman–Crippen LogP) is 4.31. The van der Waals surface area contributed by atoms with Crippen LogP contribution in [0.4, 0.5) is 10.2 Å². The van der Waals surface area contributed by atoms with E-state index in [-0.39, 0.29) is 11.9 Å². The molecule has 0 aliphatic rings. The molecule has 4 rings (SSSR count). The molecule has 0 aliphatic heterocycles. The summed E-state index contributed by atoms with van der Waals surface area (Å²) in [6.45, 7) is 0.464. The van der Waals surface area contributed by atoms with Crippen LogP contribution in [-0.2, 0) is 4.74 Å². The molecule has 4 aromatic rings. The van der Waals surface area contributed by atoms with Gasteiger partial charge in [-0.25, -0.2) is 14.4 Å². The highest BCUT2D eigenvalue weighted by Crippen LogP contribution is 2.30. The first kappa shape index (κ1) is 15.5. The van der Waals surface area contributed by atoms with Crippen LogP contribution in [0.2, 0.25) is 0 Å². The number of nitrogens with zero attached hydrogens (tertiary/aromatic N) is 2. The number of benzene rings is 2. The standard InChI is InChI=1S/C19H16FN3O2/c1-24-16(12-6-8-13(20)9-7-12)10-21-19-18-17(22-11-23-19)14-4-2-3-5-15(14)25-18/h2-9,11,16H,10H2,1H3,(H,21,22,23)/t16-/m1/s1. The third-order valence-corrected chi connectivity index (χ3v) is 4.14. The molecule has 0 fully saturated rings. The number of para-hydroxylation sites is 1. The molecule has 2 aromatic carbocycles. The molecule has 6 heteroatoms. The summed E-state index contributed by atoms with van der Waals surface area (Å²) in [7, 11) is 1.62. The number of halogens is 1. The van der Waals surface area contributed by atoms with E-state index in [1.165, 1.54) is 18.5 Å². The zero-order valence-electron chi connectivity index (χ0n) is 13.6. The van der Waals surface area contributed by atoms with Gasteiger partial charge in [-0.15, -0.1) is 0 Å². The number of anilines is 1. The Morgan fingerprint density at radius 2 is 1.92 bits per heavy atom. The molecule has 5 nitrogen and oxygen atoms in total. The third-order valence-electron chi connectivity index (χ3n) is 4.14. The minimum absolute atomic E-state index is 0.241. The Kier molecular flexibility index (Phi) is 4.03. The van der Waals surface area contributed by atoms with Gasteiger partial charge < -0.3 is 14.5 Å². The van der Waals surface area contributed by atoms with Crippen molar-refractivity contribution in [1.82, 2.24) is 9.97 Å². The minimum Gasteiger partial charge on any atom is -0.450 e. The maximum absolute atomic E-state index is 13.1. The zero-order chi connectivity index (χ0) is 17.2. The van der Waals surface area contributed by atoms with Gasteiger partial charge in [-0.05, 0) is 29.8 Å². The van der Waals surface area contributed by atoms with E-state index in [9.17, 15) is 4.39 Å². The van der Waals surface area contributed by atoms with Crippen molar-refractivity contribution < 1.29 is 13.5 Å². The molecule has 0 saturated heterocycles. The van der Waals surface area contributed by atoms with Gasteiger partial charge in [0.2, 0.25) is 0 Å². The van der Waals surface area contributed by atoms with Crippen LogP contribution in [-0.4, -0.2) is 23.6 Å². The molecule has 0 radical (unpaired) electrons. The number of fused-ring (bicyclic) bond motifs is 3. The van der Waals surface area contributed by atoms with Crippen molar-refractivity contribution in [3.8, 4) is 0 Å². The largest absolute Gasteiger partial charge is 0.450 e. The Morgan fingerprint density at radius 3 is 2.72 bits per heavy atom. The van der Waals surface area contributed by atoms with Gasteiger partial charge in [0.05, 0.1) is 6.10 Å². The van der Waals surface area contributed by atoms with Crippen molar-refractivity contribution in [1.29, 1.82) is 0 Å². The first-order valence-corrected chi connectivity index (χ1v) is 7.90. The summed E-state index contributed by atoms with van der Waals surface area (Å²) >= 11 is 0. The molecule has 0 saturated carbocycles. The Hall–Kier alpha value is -2.99. The van der Waals surface area contributed by atoms with Crippen molar-refractivity contribution in [3.63, 3.8) is 0 Å². The number of furan rings is 1. The smallest absolute Gasteiger partial charge is 0.196 e. The van der Waals surface area contributed by atoms with Crippen molar-refractivity contribution in [2.24, 2.45) is 0 Å². The van der Waals surface area contributed by atoms with Gasteiger partial charge in [0, 0.05) is 19.0 Å². The second kappa shape index (κ2) is 6.49. The fraction of sp³-hybridized carbons (Fsp3) is 0.158. The number of hydrogen-bond acceptors (Lipinski definition) is 5. The SMILES string of the molecule is CO[C@H](CNc1ncnc2c1oc1ccccc12)c1ccc(F)cc1. The second-order valence-corrected chi connectivity index (χ2v) is 5.66. The molecule has 25 heavy (non-hydrogen) atoms. The summed E-state index contributed by atoms with van der Waals surface area (Å²) in [6.07, 6.45) is 1.27. The van der Waals surface area contributed by atoms with Gasteiger partial charge in [-0.3, -0.25) is 0 Å². The van der Waals surface area contributed by atoms with Crippen LogP contribution < -0.4 is 5.32 Å². The van der Waals surface area contributed by atoms with Gasteiger partial charge in [0.25, 0.3) is 0 Å². The number of hydrogen-bond donors (Lipinski definition) is 1. The molecule has 0 spiro atoms. The quantitative estimate of drug-likeness (QED) is 0.588. The van der Waals surface area contributed by atoms with E-state index in [4.69, 9.17) is 9.15 Å². The molecular weight excluding hydrogens is 321 g/mol. The summed E-state index contributed by atoms with van der Waals surface area (Å²) in [5.74, 6) is 0.330. The van der Waals surface area contributed by atoms with E-state index in [2.05, 4.69) is 15.3 Å². The van der Waals surface area contributed by atoms with E-state index < -0.39 is 0 Å². The molecule has 0 amide bonds. The molecule has 1 atom stereocenters. The molecule has 126 valence electrons. The first-order chi connectivity index (χ1) is 12.3. The normalized spacial score (nSPS) is 12.6. The van der Waals surface area contributed by atoms with Gasteiger partial charge in [-0.1, -0.05) is 24.3 Å². The van der Waals surface area contributed by atoms with Crippen molar-refractivity contribution >= 4 is 27.9 Å². The summed E-state index contributed by atoms with van der Waals surface area (Å²) in [6, 6.07) is 14.0. The Balaban J connectivity index is 1.63. The lowest BCUT2D eigenvalue weighted by molar-refractivity contribution is 0.114. The van der Waals surface area contributed by atoms with Crippen LogP contribution >= 0.6 is 0 Å². The molecule has 0 aliphatic carbocycles. The molecule has 2 aromatic heterocycles. The van der Waals surface area contributed by atoms with Crippen molar-refractivity contribution in [2.45, 2.75) is 6.10 Å². The highest BCUT2D eigenvalue weighted by Gasteiger charge is 2.15. The van der Waals surface area contributed by atoms with E-state index in [1.54, 1.807) is 19.2 Å². The second-order valence-electron chi connectivity index (χ2n) is 5.66. The van der Waals surface area contributed by atoms with E-state index in [0.29, 0.717) is 17.9 Å². The summed E-state index contributed by atoms with van der Waals surface area (Å²) < 4.78 is 24.5. The highest BCUT2D eigenvalue weighted by atomic mass is 19.1. The van der Waals surface area contributed by atoms with Crippen molar-refractivity contribution in [3.05, 3.63) is 66.2 Å². The minimum atomic E-state index is -0.272. The number of ether oxygens (including phenoxy) is 1. The van der Waals surface area contributed by atoms with Crippen LogP contribution in [0, 0.1) is 5.82 Å². The lowest BCUT2D eigenvalue weighted by Gasteiger charge is -2.16. The Labute approximate surface area is 143 Å². The van der Waals surface area contributed by atoms with Crippen LogP contribution in [0.5, 0.6) is 0 Å². The average molecular weight is 337 g/mol. The third kappa shape index (κ3) is 2.92. The number of aromatic nitrogens is 2. The summed E-state index contributed by atoms with van der Waals surface area (Å²) in [5, 5.41) is 4.20. The maximum Gasteiger partial charge on any atom is 0.196 e. The lowest BCUT2D eigenvalue weighted by Crippen LogP contribution is -2.15. The van der Waals surface area contributed by atoms with Crippen molar-refractivity contribution in [2.75, 3.05) is 19.0 Å². The van der Waals surface area contributed by atoms with E-state index in [0.717, 1.165) is 22.0 Å². The van der Waals surface area contributed by atoms with E-state index >= 15 is 0 Å². The van der Waals surface area contributed by atoms with Crippen LogP contribution in [0.15, 0.2) is 59.3 Å². The fourth-order valence-corrected chi connectivity index (χ4v) is 2.85. The maximum atomic E-state index is 13.1. The van der Waals surface area contributed by atoms with Gasteiger partial charge in [0.1, 0.15) is 23.2 Å². The van der Waals surface area contributed by atoms with E-state index in [1.807, 2.05) is 24.3 Å². The average Bonchev–Trinajstić information content (AvgIpc) is 3.03. The summed E-state index contributed by atoms with van der Waals surface area (Å²) in [5.41, 5.74) is 3.02. The lowest BCUT2D eigenvalue weighted by atomic mass is 10.1. The number of nitrogens with one attached hydrogen (secondary N) is 1. The zero-order valence-corrected chi connectivity index (χ0v) is 13.6. The summed E-state index contributed by atoms with van der Waals surface area (Å²) in [4.78, 5) is 8.61. The monoisotopic (exact) mass is 337 g/mol. The predicted molar refractivity (Wildman–Crippen MR) is 93.9 cm³/mol. The topological polar surface area (TPSA) is 60.2 Å².